The van der Waals surface area contributed by atoms with Crippen LogP contribution in [0, 0.1) is 0 Å². The van der Waals surface area contributed by atoms with E-state index in [0.29, 0.717) is 17.9 Å². The van der Waals surface area contributed by atoms with Gasteiger partial charge in [0.2, 0.25) is 0 Å². The lowest BCUT2D eigenvalue weighted by Crippen LogP contribution is -2.11. The van der Waals surface area contributed by atoms with Gasteiger partial charge in [0.25, 0.3) is 0 Å². The van der Waals surface area contributed by atoms with Crippen LogP contribution in [0.5, 0.6) is 11.5 Å². The van der Waals surface area contributed by atoms with Gasteiger partial charge in [0.05, 0.1) is 20.3 Å². The Morgan fingerprint density at radius 3 is 2.44 bits per heavy atom. The number of aliphatic hydroxyl groups is 1. The summed E-state index contributed by atoms with van der Waals surface area (Å²) in [7, 11) is 3.19. The molecular formula is C13H18O3. The number of methoxy groups -OCH3 is 2. The van der Waals surface area contributed by atoms with Crippen LogP contribution in [-0.2, 0) is 6.42 Å². The summed E-state index contributed by atoms with van der Waals surface area (Å²) in [6.45, 7) is 5.53. The minimum Gasteiger partial charge on any atom is -0.493 e. The average molecular weight is 222 g/mol. The summed E-state index contributed by atoms with van der Waals surface area (Å²) in [6.07, 6.45) is 0.0217. The Morgan fingerprint density at radius 2 is 1.94 bits per heavy atom. The molecule has 1 aromatic rings. The summed E-state index contributed by atoms with van der Waals surface area (Å²) in [6, 6.07) is 5.61. The van der Waals surface area contributed by atoms with Crippen LogP contribution in [0.25, 0.3) is 0 Å². The number of hydrogen-bond acceptors (Lipinski definition) is 3. The van der Waals surface area contributed by atoms with Gasteiger partial charge in [0.1, 0.15) is 0 Å². The molecule has 1 aromatic carbocycles. The number of rotatable bonds is 5. The van der Waals surface area contributed by atoms with E-state index in [9.17, 15) is 5.11 Å². The van der Waals surface area contributed by atoms with Crippen LogP contribution in [0.2, 0.25) is 0 Å². The lowest BCUT2D eigenvalue weighted by Gasteiger charge is -2.12. The molecule has 0 heterocycles. The maximum absolute atomic E-state index is 9.70. The number of aliphatic hydroxyl groups excluding tert-OH is 1. The van der Waals surface area contributed by atoms with Crippen molar-refractivity contribution in [2.75, 3.05) is 14.2 Å². The van der Waals surface area contributed by atoms with Crippen LogP contribution in [-0.4, -0.2) is 25.4 Å². The van der Waals surface area contributed by atoms with Gasteiger partial charge >= 0.3 is 0 Å². The molecule has 0 radical (unpaired) electrons. The summed E-state index contributed by atoms with van der Waals surface area (Å²) in [5.41, 5.74) is 1.75. The molecule has 1 unspecified atom stereocenters. The summed E-state index contributed by atoms with van der Waals surface area (Å²) < 4.78 is 10.3. The van der Waals surface area contributed by atoms with E-state index >= 15 is 0 Å². The zero-order valence-electron chi connectivity index (χ0n) is 9.99. The van der Waals surface area contributed by atoms with Gasteiger partial charge in [-0.3, -0.25) is 0 Å². The van der Waals surface area contributed by atoms with Gasteiger partial charge < -0.3 is 14.6 Å². The van der Waals surface area contributed by atoms with E-state index in [-0.39, 0.29) is 0 Å². The Kier molecular flexibility index (Phi) is 4.38. The molecule has 0 spiro atoms. The van der Waals surface area contributed by atoms with Crippen molar-refractivity contribution in [3.05, 3.63) is 35.9 Å². The molecule has 0 bridgehead atoms. The SMILES string of the molecule is C=C(C)C(O)Cc1ccc(OC)c(OC)c1. The Labute approximate surface area is 96.3 Å². The van der Waals surface area contributed by atoms with Crippen molar-refractivity contribution in [3.8, 4) is 11.5 Å². The lowest BCUT2D eigenvalue weighted by atomic mass is 10.0. The fourth-order valence-corrected chi connectivity index (χ4v) is 1.41. The monoisotopic (exact) mass is 222 g/mol. The molecule has 3 heteroatoms. The van der Waals surface area contributed by atoms with Gasteiger partial charge in [-0.15, -0.1) is 0 Å². The molecule has 0 amide bonds. The highest BCUT2D eigenvalue weighted by molar-refractivity contribution is 5.43. The third-order valence-electron chi connectivity index (χ3n) is 2.45. The third-order valence-corrected chi connectivity index (χ3v) is 2.45. The first-order valence-electron chi connectivity index (χ1n) is 5.13. The van der Waals surface area contributed by atoms with Crippen LogP contribution in [0.15, 0.2) is 30.4 Å². The largest absolute Gasteiger partial charge is 0.493 e. The second-order valence-electron chi connectivity index (χ2n) is 3.76. The van der Waals surface area contributed by atoms with Crippen molar-refractivity contribution < 1.29 is 14.6 Å². The quantitative estimate of drug-likeness (QED) is 0.776. The topological polar surface area (TPSA) is 38.7 Å². The number of ether oxygens (including phenoxy) is 2. The molecular weight excluding hydrogens is 204 g/mol. The van der Waals surface area contributed by atoms with Crippen LogP contribution in [0.1, 0.15) is 12.5 Å². The average Bonchev–Trinajstić information content (AvgIpc) is 2.28. The molecule has 3 nitrogen and oxygen atoms in total. The molecule has 1 atom stereocenters. The van der Waals surface area contributed by atoms with E-state index in [1.54, 1.807) is 14.2 Å². The van der Waals surface area contributed by atoms with Crippen molar-refractivity contribution >= 4 is 0 Å². The Bertz CT molecular complexity index is 371. The molecule has 0 aromatic heterocycles. The second kappa shape index (κ2) is 5.56. The van der Waals surface area contributed by atoms with Crippen molar-refractivity contribution in [2.45, 2.75) is 19.4 Å². The van der Waals surface area contributed by atoms with Gasteiger partial charge in [-0.2, -0.15) is 0 Å². The van der Waals surface area contributed by atoms with Gasteiger partial charge in [-0.05, 0) is 24.6 Å². The highest BCUT2D eigenvalue weighted by atomic mass is 16.5. The number of hydrogen-bond donors (Lipinski definition) is 1. The van der Waals surface area contributed by atoms with Crippen LogP contribution in [0.3, 0.4) is 0 Å². The zero-order chi connectivity index (χ0) is 12.1. The van der Waals surface area contributed by atoms with Gasteiger partial charge in [-0.25, -0.2) is 0 Å². The highest BCUT2D eigenvalue weighted by Crippen LogP contribution is 2.28. The van der Waals surface area contributed by atoms with E-state index in [0.717, 1.165) is 11.1 Å². The van der Waals surface area contributed by atoms with E-state index in [1.165, 1.54) is 0 Å². The molecule has 16 heavy (non-hydrogen) atoms. The molecule has 88 valence electrons. The standard InChI is InChI=1S/C13H18O3/c1-9(2)11(14)7-10-5-6-12(15-3)13(8-10)16-4/h5-6,8,11,14H,1,7H2,2-4H3. The molecule has 0 aliphatic carbocycles. The summed E-state index contributed by atoms with van der Waals surface area (Å²) in [5, 5.41) is 9.70. The fraction of sp³-hybridized carbons (Fsp3) is 0.385. The van der Waals surface area contributed by atoms with Crippen molar-refractivity contribution in [1.29, 1.82) is 0 Å². The van der Waals surface area contributed by atoms with E-state index in [2.05, 4.69) is 6.58 Å². The van der Waals surface area contributed by atoms with E-state index in [1.807, 2.05) is 25.1 Å². The van der Waals surface area contributed by atoms with Crippen LogP contribution < -0.4 is 9.47 Å². The Balaban J connectivity index is 2.86. The maximum Gasteiger partial charge on any atom is 0.160 e. The molecule has 1 rings (SSSR count). The fourth-order valence-electron chi connectivity index (χ4n) is 1.41. The molecule has 0 saturated carbocycles. The smallest absolute Gasteiger partial charge is 0.160 e. The molecule has 0 fully saturated rings. The first-order valence-corrected chi connectivity index (χ1v) is 5.13. The summed E-state index contributed by atoms with van der Waals surface area (Å²) in [4.78, 5) is 0. The first-order chi connectivity index (χ1) is 7.58. The molecule has 0 aliphatic heterocycles. The predicted octanol–water partition coefficient (Wildman–Crippen LogP) is 2.18. The van der Waals surface area contributed by atoms with Crippen molar-refractivity contribution in [2.24, 2.45) is 0 Å². The predicted molar refractivity (Wildman–Crippen MR) is 64.1 cm³/mol. The minimum absolute atomic E-state index is 0.516. The van der Waals surface area contributed by atoms with E-state index < -0.39 is 6.10 Å². The van der Waals surface area contributed by atoms with Crippen LogP contribution >= 0.6 is 0 Å². The normalized spacial score (nSPS) is 12.0. The minimum atomic E-state index is -0.516. The summed E-state index contributed by atoms with van der Waals surface area (Å²) >= 11 is 0. The van der Waals surface area contributed by atoms with E-state index in [4.69, 9.17) is 9.47 Å². The third kappa shape index (κ3) is 3.00. The Hall–Kier alpha value is -1.48. The molecule has 1 N–H and O–H groups in total. The lowest BCUT2D eigenvalue weighted by molar-refractivity contribution is 0.211. The van der Waals surface area contributed by atoms with Crippen LogP contribution in [0.4, 0.5) is 0 Å². The molecule has 0 saturated heterocycles. The Morgan fingerprint density at radius 1 is 1.31 bits per heavy atom. The van der Waals surface area contributed by atoms with Gasteiger partial charge in [0.15, 0.2) is 11.5 Å². The van der Waals surface area contributed by atoms with Crippen molar-refractivity contribution in [1.82, 2.24) is 0 Å². The summed E-state index contributed by atoms with van der Waals surface area (Å²) in [5.74, 6) is 1.37. The zero-order valence-corrected chi connectivity index (χ0v) is 9.99. The van der Waals surface area contributed by atoms with Gasteiger partial charge in [0, 0.05) is 6.42 Å². The number of benzene rings is 1. The highest BCUT2D eigenvalue weighted by Gasteiger charge is 2.09. The maximum atomic E-state index is 9.70. The molecule has 0 aliphatic rings. The van der Waals surface area contributed by atoms with Gasteiger partial charge in [-0.1, -0.05) is 18.2 Å². The van der Waals surface area contributed by atoms with Crippen molar-refractivity contribution in [3.63, 3.8) is 0 Å². The second-order valence-corrected chi connectivity index (χ2v) is 3.76. The first kappa shape index (κ1) is 12.6.